The summed E-state index contributed by atoms with van der Waals surface area (Å²) in [5.74, 6) is 1.49. The number of nitrogens with one attached hydrogen (secondary N) is 2. The molecule has 1 aliphatic rings. The Hall–Kier alpha value is -1.40. The second-order valence-electron chi connectivity index (χ2n) is 4.20. The largest absolute Gasteiger partial charge is 0.376 e. The summed E-state index contributed by atoms with van der Waals surface area (Å²) < 4.78 is 10.9. The third-order valence-corrected chi connectivity index (χ3v) is 2.69. The molecule has 0 radical (unpaired) electrons. The fraction of sp³-hybridized carbons (Fsp3) is 0.667. The third-order valence-electron chi connectivity index (χ3n) is 2.69. The molecule has 0 bridgehead atoms. The van der Waals surface area contributed by atoms with Crippen LogP contribution in [-0.4, -0.2) is 49.0 Å². The van der Waals surface area contributed by atoms with Crippen LogP contribution >= 0.6 is 0 Å². The molecule has 1 aliphatic heterocycles. The van der Waals surface area contributed by atoms with E-state index in [0.29, 0.717) is 32.3 Å². The lowest BCUT2D eigenvalue weighted by molar-refractivity contribution is -0.0819. The minimum Gasteiger partial charge on any atom is -0.376 e. The molecule has 2 rings (SSSR count). The van der Waals surface area contributed by atoms with Crippen molar-refractivity contribution in [2.24, 2.45) is 0 Å². The van der Waals surface area contributed by atoms with Crippen molar-refractivity contribution in [3.8, 4) is 0 Å². The van der Waals surface area contributed by atoms with E-state index in [4.69, 9.17) is 9.47 Å². The number of rotatable bonds is 5. The molecule has 0 amide bonds. The molecule has 1 atom stereocenters. The molecule has 0 spiro atoms. The second-order valence-corrected chi connectivity index (χ2v) is 4.20. The highest BCUT2D eigenvalue weighted by Crippen LogP contribution is 2.13. The van der Waals surface area contributed by atoms with E-state index in [2.05, 4.69) is 20.6 Å². The van der Waals surface area contributed by atoms with Crippen LogP contribution in [0.1, 0.15) is 12.5 Å². The summed E-state index contributed by atoms with van der Waals surface area (Å²) in [5, 5.41) is 6.38. The monoisotopic (exact) mass is 252 g/mol. The molecule has 1 unspecified atom stereocenters. The molecule has 2 heterocycles. The van der Waals surface area contributed by atoms with Crippen molar-refractivity contribution in [2.75, 3.05) is 43.5 Å². The molecule has 100 valence electrons. The summed E-state index contributed by atoms with van der Waals surface area (Å²) in [6.45, 7) is 7.49. The van der Waals surface area contributed by atoms with E-state index in [1.165, 1.54) is 0 Å². The predicted octanol–water partition coefficient (Wildman–Crippen LogP) is 1.04. The van der Waals surface area contributed by atoms with Crippen molar-refractivity contribution in [1.29, 1.82) is 0 Å². The van der Waals surface area contributed by atoms with Crippen molar-refractivity contribution in [3.63, 3.8) is 0 Å². The highest BCUT2D eigenvalue weighted by Gasteiger charge is 2.14. The van der Waals surface area contributed by atoms with Gasteiger partial charge in [-0.15, -0.1) is 0 Å². The van der Waals surface area contributed by atoms with Crippen molar-refractivity contribution >= 4 is 11.8 Å². The topological polar surface area (TPSA) is 68.3 Å². The van der Waals surface area contributed by atoms with Crippen LogP contribution in [0.3, 0.4) is 0 Å². The van der Waals surface area contributed by atoms with E-state index in [1.54, 1.807) is 0 Å². The van der Waals surface area contributed by atoms with Gasteiger partial charge in [-0.1, -0.05) is 0 Å². The molecular weight excluding hydrogens is 232 g/mol. The standard InChI is InChI=1S/C12H20N4O2/c1-3-13-12-15-6-9(2)11(16-12)14-7-10-8-17-4-5-18-10/h6,10H,3-5,7-8H2,1-2H3,(H2,13,14,15,16). The summed E-state index contributed by atoms with van der Waals surface area (Å²) in [6.07, 6.45) is 1.90. The van der Waals surface area contributed by atoms with Gasteiger partial charge in [0.25, 0.3) is 0 Å². The number of hydrogen-bond donors (Lipinski definition) is 2. The lowest BCUT2D eigenvalue weighted by Gasteiger charge is -2.23. The van der Waals surface area contributed by atoms with Crippen molar-refractivity contribution < 1.29 is 9.47 Å². The molecular formula is C12H20N4O2. The molecule has 1 aromatic rings. The van der Waals surface area contributed by atoms with Crippen LogP contribution in [0.5, 0.6) is 0 Å². The first-order valence-electron chi connectivity index (χ1n) is 6.30. The van der Waals surface area contributed by atoms with Crippen LogP contribution < -0.4 is 10.6 Å². The molecule has 6 heteroatoms. The minimum atomic E-state index is 0.0932. The first kappa shape index (κ1) is 13.0. The SMILES string of the molecule is CCNc1ncc(C)c(NCC2COCCO2)n1. The Morgan fingerprint density at radius 1 is 1.39 bits per heavy atom. The van der Waals surface area contributed by atoms with Gasteiger partial charge in [-0.2, -0.15) is 4.98 Å². The van der Waals surface area contributed by atoms with Crippen molar-refractivity contribution in [1.82, 2.24) is 9.97 Å². The molecule has 1 fully saturated rings. The Labute approximate surface area is 107 Å². The zero-order valence-corrected chi connectivity index (χ0v) is 10.9. The van der Waals surface area contributed by atoms with Crippen LogP contribution in [0.25, 0.3) is 0 Å². The molecule has 0 aromatic carbocycles. The van der Waals surface area contributed by atoms with Crippen LogP contribution in [-0.2, 0) is 9.47 Å². The molecule has 6 nitrogen and oxygen atoms in total. The van der Waals surface area contributed by atoms with Gasteiger partial charge in [0.15, 0.2) is 0 Å². The van der Waals surface area contributed by atoms with Gasteiger partial charge in [0.1, 0.15) is 5.82 Å². The van der Waals surface area contributed by atoms with Crippen LogP contribution in [0.4, 0.5) is 11.8 Å². The maximum absolute atomic E-state index is 5.57. The lowest BCUT2D eigenvalue weighted by Crippen LogP contribution is -2.34. The number of anilines is 2. The molecule has 1 saturated heterocycles. The van der Waals surface area contributed by atoms with Crippen molar-refractivity contribution in [2.45, 2.75) is 20.0 Å². The summed E-state index contributed by atoms with van der Waals surface area (Å²) in [6, 6.07) is 0. The van der Waals surface area contributed by atoms with Crippen molar-refractivity contribution in [3.05, 3.63) is 11.8 Å². The zero-order valence-electron chi connectivity index (χ0n) is 10.9. The van der Waals surface area contributed by atoms with Crippen LogP contribution in [0.2, 0.25) is 0 Å². The molecule has 1 aromatic heterocycles. The van der Waals surface area contributed by atoms with E-state index < -0.39 is 0 Å². The lowest BCUT2D eigenvalue weighted by atomic mass is 10.3. The molecule has 0 aliphatic carbocycles. The summed E-state index contributed by atoms with van der Waals surface area (Å²) >= 11 is 0. The van der Waals surface area contributed by atoms with Gasteiger partial charge < -0.3 is 20.1 Å². The smallest absolute Gasteiger partial charge is 0.224 e. The van der Waals surface area contributed by atoms with Crippen LogP contribution in [0.15, 0.2) is 6.20 Å². The number of hydrogen-bond acceptors (Lipinski definition) is 6. The highest BCUT2D eigenvalue weighted by atomic mass is 16.6. The Balaban J connectivity index is 1.92. The normalized spacial score (nSPS) is 19.6. The maximum Gasteiger partial charge on any atom is 0.224 e. The van der Waals surface area contributed by atoms with Gasteiger partial charge in [-0.3, -0.25) is 0 Å². The first-order valence-corrected chi connectivity index (χ1v) is 6.30. The van der Waals surface area contributed by atoms with Gasteiger partial charge in [0, 0.05) is 24.8 Å². The van der Waals surface area contributed by atoms with Gasteiger partial charge in [-0.05, 0) is 13.8 Å². The van der Waals surface area contributed by atoms with E-state index in [9.17, 15) is 0 Å². The Morgan fingerprint density at radius 3 is 3.00 bits per heavy atom. The Bertz CT molecular complexity index is 380. The Morgan fingerprint density at radius 2 is 2.28 bits per heavy atom. The van der Waals surface area contributed by atoms with E-state index in [-0.39, 0.29) is 6.10 Å². The third kappa shape index (κ3) is 3.54. The average molecular weight is 252 g/mol. The fourth-order valence-corrected chi connectivity index (χ4v) is 1.73. The number of nitrogens with zero attached hydrogens (tertiary/aromatic N) is 2. The van der Waals surface area contributed by atoms with E-state index >= 15 is 0 Å². The second kappa shape index (κ2) is 6.51. The number of aryl methyl sites for hydroxylation is 1. The number of ether oxygens (including phenoxy) is 2. The van der Waals surface area contributed by atoms with Crippen LogP contribution in [0, 0.1) is 6.92 Å². The minimum absolute atomic E-state index is 0.0932. The highest BCUT2D eigenvalue weighted by molar-refractivity contribution is 5.46. The van der Waals surface area contributed by atoms with Gasteiger partial charge >= 0.3 is 0 Å². The van der Waals surface area contributed by atoms with E-state index in [1.807, 2.05) is 20.0 Å². The number of aromatic nitrogens is 2. The predicted molar refractivity (Wildman–Crippen MR) is 70.0 cm³/mol. The molecule has 18 heavy (non-hydrogen) atoms. The quantitative estimate of drug-likeness (QED) is 0.816. The summed E-state index contributed by atoms with van der Waals surface area (Å²) in [4.78, 5) is 8.62. The summed E-state index contributed by atoms with van der Waals surface area (Å²) in [5.41, 5.74) is 1.02. The maximum atomic E-state index is 5.57. The average Bonchev–Trinajstić information content (AvgIpc) is 2.41. The molecule has 2 N–H and O–H groups in total. The Kier molecular flexibility index (Phi) is 4.72. The fourth-order valence-electron chi connectivity index (χ4n) is 1.73. The summed E-state index contributed by atoms with van der Waals surface area (Å²) in [7, 11) is 0. The van der Waals surface area contributed by atoms with Gasteiger partial charge in [0.05, 0.1) is 25.9 Å². The first-order chi connectivity index (χ1) is 8.79. The molecule has 0 saturated carbocycles. The van der Waals surface area contributed by atoms with E-state index in [0.717, 1.165) is 17.9 Å². The zero-order chi connectivity index (χ0) is 12.8. The van der Waals surface area contributed by atoms with Gasteiger partial charge in [-0.25, -0.2) is 4.98 Å². The van der Waals surface area contributed by atoms with Gasteiger partial charge in [0.2, 0.25) is 5.95 Å².